The molecular weight excluding hydrogens is 306 g/mol. The molecule has 22 heavy (non-hydrogen) atoms. The second-order valence-electron chi connectivity index (χ2n) is 4.78. The molecule has 0 atom stereocenters. The van der Waals surface area contributed by atoms with E-state index in [-0.39, 0.29) is 6.42 Å². The van der Waals surface area contributed by atoms with Gasteiger partial charge in [0.1, 0.15) is 11.7 Å². The largest absolute Gasteiger partial charge is 0.748 e. The van der Waals surface area contributed by atoms with E-state index in [0.29, 0.717) is 18.0 Å². The van der Waals surface area contributed by atoms with E-state index in [1.54, 1.807) is 23.1 Å². The van der Waals surface area contributed by atoms with Crippen LogP contribution in [-0.2, 0) is 16.7 Å². The van der Waals surface area contributed by atoms with Gasteiger partial charge in [-0.2, -0.15) is 0 Å². The molecule has 0 amide bonds. The number of benzene rings is 1. The Morgan fingerprint density at radius 2 is 2.05 bits per heavy atom. The SMILES string of the molecule is O=S(=O)([O-])CCC[n+]1ccc(-c2nc3ccccc3o2)cn1. The molecular formula is C14H13N3O4S. The smallest absolute Gasteiger partial charge is 0.229 e. The van der Waals surface area contributed by atoms with Gasteiger partial charge in [-0.3, -0.25) is 0 Å². The molecule has 0 radical (unpaired) electrons. The van der Waals surface area contributed by atoms with Crippen LogP contribution >= 0.6 is 0 Å². The molecule has 0 spiro atoms. The topological polar surface area (TPSA) is 100 Å². The summed E-state index contributed by atoms with van der Waals surface area (Å²) in [7, 11) is -4.18. The first-order chi connectivity index (χ1) is 10.5. The number of fused-ring (bicyclic) bond motifs is 1. The van der Waals surface area contributed by atoms with Gasteiger partial charge in [-0.05, 0) is 17.2 Å². The highest BCUT2D eigenvalue weighted by molar-refractivity contribution is 7.85. The molecule has 7 nitrogen and oxygen atoms in total. The van der Waals surface area contributed by atoms with Crippen LogP contribution in [0.2, 0.25) is 0 Å². The highest BCUT2D eigenvalue weighted by Crippen LogP contribution is 2.22. The van der Waals surface area contributed by atoms with Crippen LogP contribution in [0.3, 0.4) is 0 Å². The average Bonchev–Trinajstić information content (AvgIpc) is 2.90. The van der Waals surface area contributed by atoms with Crippen LogP contribution in [0.5, 0.6) is 0 Å². The molecule has 3 aromatic rings. The number of aromatic nitrogens is 3. The second-order valence-corrected chi connectivity index (χ2v) is 6.30. The summed E-state index contributed by atoms with van der Waals surface area (Å²) < 4.78 is 38.8. The first kappa shape index (κ1) is 14.6. The molecule has 0 saturated carbocycles. The van der Waals surface area contributed by atoms with Crippen LogP contribution < -0.4 is 4.68 Å². The summed E-state index contributed by atoms with van der Waals surface area (Å²) in [6.07, 6.45) is 3.52. The second kappa shape index (κ2) is 5.82. The molecule has 8 heteroatoms. The molecule has 0 saturated heterocycles. The minimum absolute atomic E-state index is 0.228. The van der Waals surface area contributed by atoms with Gasteiger partial charge < -0.3 is 8.97 Å². The molecule has 0 aliphatic heterocycles. The third kappa shape index (κ3) is 3.46. The molecule has 0 fully saturated rings. The van der Waals surface area contributed by atoms with Crippen molar-refractivity contribution in [3.05, 3.63) is 42.7 Å². The van der Waals surface area contributed by atoms with Gasteiger partial charge in [0.25, 0.3) is 0 Å². The van der Waals surface area contributed by atoms with Gasteiger partial charge in [0.2, 0.25) is 5.89 Å². The zero-order valence-corrected chi connectivity index (χ0v) is 12.4. The highest BCUT2D eigenvalue weighted by atomic mass is 32.2. The van der Waals surface area contributed by atoms with Crippen LogP contribution in [0.25, 0.3) is 22.6 Å². The van der Waals surface area contributed by atoms with Crippen molar-refractivity contribution in [2.24, 2.45) is 0 Å². The zero-order chi connectivity index (χ0) is 15.6. The lowest BCUT2D eigenvalue weighted by molar-refractivity contribution is -0.753. The summed E-state index contributed by atoms with van der Waals surface area (Å²) in [5.41, 5.74) is 2.20. The Morgan fingerprint density at radius 1 is 1.23 bits per heavy atom. The van der Waals surface area contributed by atoms with Crippen LogP contribution in [0.4, 0.5) is 0 Å². The summed E-state index contributed by atoms with van der Waals surface area (Å²) >= 11 is 0. The van der Waals surface area contributed by atoms with Crippen molar-refractivity contribution in [3.8, 4) is 11.5 Å². The molecule has 2 heterocycles. The lowest BCUT2D eigenvalue weighted by Gasteiger charge is -2.03. The van der Waals surface area contributed by atoms with Crippen molar-refractivity contribution in [3.63, 3.8) is 0 Å². The summed E-state index contributed by atoms with van der Waals surface area (Å²) in [5.74, 6) is 0.0807. The normalized spacial score (nSPS) is 11.9. The Hall–Kier alpha value is -2.32. The Kier molecular flexibility index (Phi) is 3.86. The fourth-order valence-corrected chi connectivity index (χ4v) is 2.52. The molecule has 114 valence electrons. The Labute approximate surface area is 127 Å². The Morgan fingerprint density at radius 3 is 2.73 bits per heavy atom. The average molecular weight is 319 g/mol. The minimum Gasteiger partial charge on any atom is -0.748 e. The lowest BCUT2D eigenvalue weighted by Crippen LogP contribution is -2.38. The van der Waals surface area contributed by atoms with E-state index in [9.17, 15) is 13.0 Å². The van der Waals surface area contributed by atoms with Gasteiger partial charge in [-0.15, -0.1) is 0 Å². The van der Waals surface area contributed by atoms with Crippen LogP contribution in [0, 0.1) is 0 Å². The summed E-state index contributed by atoms with van der Waals surface area (Å²) in [6, 6.07) is 9.24. The standard InChI is InChI=1S/C14H13N3O4S/c18-22(19,20)9-3-7-17-8-6-11(10-15-17)14-16-12-4-1-2-5-13(12)21-14/h1-2,4-6,8,10H,3,7,9H2. The van der Waals surface area contributed by atoms with Crippen LogP contribution in [-0.4, -0.2) is 28.8 Å². The van der Waals surface area contributed by atoms with E-state index in [1.807, 2.05) is 24.3 Å². The molecule has 0 bridgehead atoms. The Balaban J connectivity index is 1.73. The van der Waals surface area contributed by atoms with E-state index in [2.05, 4.69) is 10.1 Å². The highest BCUT2D eigenvalue weighted by Gasteiger charge is 2.11. The number of hydrogen-bond acceptors (Lipinski definition) is 6. The van der Waals surface area contributed by atoms with Crippen LogP contribution in [0.15, 0.2) is 47.1 Å². The summed E-state index contributed by atoms with van der Waals surface area (Å²) in [4.78, 5) is 4.37. The van der Waals surface area contributed by atoms with Gasteiger partial charge >= 0.3 is 0 Å². The summed E-state index contributed by atoms with van der Waals surface area (Å²) in [5, 5.41) is 4.16. The molecule has 2 aromatic heterocycles. The maximum atomic E-state index is 10.5. The summed E-state index contributed by atoms with van der Waals surface area (Å²) in [6.45, 7) is 0.356. The van der Waals surface area contributed by atoms with Gasteiger partial charge in [0, 0.05) is 18.2 Å². The van der Waals surface area contributed by atoms with Gasteiger partial charge in [0.05, 0.1) is 15.7 Å². The van der Waals surface area contributed by atoms with E-state index in [4.69, 9.17) is 4.42 Å². The fraction of sp³-hybridized carbons (Fsp3) is 0.214. The van der Waals surface area contributed by atoms with E-state index in [1.165, 1.54) is 0 Å². The number of nitrogens with zero attached hydrogens (tertiary/aromatic N) is 3. The number of rotatable bonds is 5. The number of hydrogen-bond donors (Lipinski definition) is 0. The van der Waals surface area contributed by atoms with E-state index < -0.39 is 15.9 Å². The predicted molar refractivity (Wildman–Crippen MR) is 76.6 cm³/mol. The van der Waals surface area contributed by atoms with Crippen molar-refractivity contribution in [2.75, 3.05) is 5.75 Å². The zero-order valence-electron chi connectivity index (χ0n) is 11.5. The fourth-order valence-electron chi connectivity index (χ4n) is 2.04. The van der Waals surface area contributed by atoms with E-state index in [0.717, 1.165) is 11.1 Å². The molecule has 0 aliphatic carbocycles. The van der Waals surface area contributed by atoms with Gasteiger partial charge in [-0.25, -0.2) is 13.4 Å². The first-order valence-corrected chi connectivity index (χ1v) is 8.24. The van der Waals surface area contributed by atoms with Gasteiger partial charge in [-0.1, -0.05) is 16.8 Å². The molecule has 0 aliphatic rings. The predicted octanol–water partition coefficient (Wildman–Crippen LogP) is 1.11. The monoisotopic (exact) mass is 319 g/mol. The molecule has 0 unspecified atom stereocenters. The van der Waals surface area contributed by atoms with E-state index >= 15 is 0 Å². The van der Waals surface area contributed by atoms with Gasteiger partial charge in [0.15, 0.2) is 18.3 Å². The lowest BCUT2D eigenvalue weighted by atomic mass is 10.3. The third-order valence-corrected chi connectivity index (χ3v) is 3.88. The first-order valence-electron chi connectivity index (χ1n) is 6.66. The Bertz CT molecular complexity index is 855. The van der Waals surface area contributed by atoms with Crippen molar-refractivity contribution in [1.29, 1.82) is 0 Å². The number of oxazole rings is 1. The maximum absolute atomic E-state index is 10.5. The number of aryl methyl sites for hydroxylation is 1. The minimum atomic E-state index is -4.18. The molecule has 3 rings (SSSR count). The molecule has 0 N–H and O–H groups in total. The number of para-hydroxylation sites is 2. The van der Waals surface area contributed by atoms with Crippen molar-refractivity contribution >= 4 is 21.2 Å². The van der Waals surface area contributed by atoms with Crippen LogP contribution in [0.1, 0.15) is 6.42 Å². The van der Waals surface area contributed by atoms with Crippen molar-refractivity contribution in [2.45, 2.75) is 13.0 Å². The quantitative estimate of drug-likeness (QED) is 0.516. The molecule has 1 aromatic carbocycles. The van der Waals surface area contributed by atoms with Crippen molar-refractivity contribution < 1.29 is 22.1 Å². The third-order valence-electron chi connectivity index (χ3n) is 3.09. The maximum Gasteiger partial charge on any atom is 0.229 e. The van der Waals surface area contributed by atoms with Crippen molar-refractivity contribution in [1.82, 2.24) is 10.1 Å².